The maximum absolute atomic E-state index is 5.89. The van der Waals surface area contributed by atoms with Gasteiger partial charge in [-0.25, -0.2) is 0 Å². The molecule has 0 bridgehead atoms. The van der Waals surface area contributed by atoms with Crippen molar-refractivity contribution in [1.82, 2.24) is 0 Å². The second-order valence-electron chi connectivity index (χ2n) is 4.16. The van der Waals surface area contributed by atoms with Crippen LogP contribution in [0.2, 0.25) is 0 Å². The van der Waals surface area contributed by atoms with Crippen molar-refractivity contribution >= 4 is 7.85 Å². The minimum absolute atomic E-state index is 0.0569. The molecule has 1 unspecified atom stereocenters. The summed E-state index contributed by atoms with van der Waals surface area (Å²) in [6.45, 7) is 2.87. The van der Waals surface area contributed by atoms with Crippen LogP contribution in [0.3, 0.4) is 0 Å². The molecule has 98 valence electrons. The Morgan fingerprint density at radius 1 is 1.18 bits per heavy atom. The molecule has 1 aliphatic rings. The number of methoxy groups -OCH3 is 3. The van der Waals surface area contributed by atoms with Crippen LogP contribution in [0.25, 0.3) is 0 Å². The maximum atomic E-state index is 5.89. The molecule has 0 amide bonds. The van der Waals surface area contributed by atoms with E-state index in [0.29, 0.717) is 13.2 Å². The second-order valence-corrected chi connectivity index (χ2v) is 4.16. The van der Waals surface area contributed by atoms with E-state index in [-0.39, 0.29) is 24.4 Å². The average molecular weight is 244 g/mol. The normalized spacial score (nSPS) is 35.1. The third-order valence-electron chi connectivity index (χ3n) is 2.74. The highest BCUT2D eigenvalue weighted by Gasteiger charge is 2.43. The van der Waals surface area contributed by atoms with Crippen LogP contribution in [0.15, 0.2) is 0 Å². The standard InChI is InChI=1S/C11H21BO5/c1-7(5-13-2)16-10-9(15-4)8(6-14-3)17-11(10)12/h7-11H,5-6H2,1-4H3/t7-,8-,9?,10+,11-/m1/s1. The van der Waals surface area contributed by atoms with E-state index < -0.39 is 6.00 Å². The zero-order chi connectivity index (χ0) is 12.8. The van der Waals surface area contributed by atoms with E-state index in [1.54, 1.807) is 21.3 Å². The van der Waals surface area contributed by atoms with Crippen LogP contribution < -0.4 is 0 Å². The molecule has 1 rings (SSSR count). The molecule has 0 aromatic heterocycles. The number of rotatable bonds is 7. The van der Waals surface area contributed by atoms with Gasteiger partial charge in [-0.15, -0.1) is 0 Å². The van der Waals surface area contributed by atoms with Gasteiger partial charge in [0.05, 0.1) is 19.3 Å². The Hall–Kier alpha value is -0.135. The van der Waals surface area contributed by atoms with Crippen LogP contribution >= 0.6 is 0 Å². The first-order valence-corrected chi connectivity index (χ1v) is 5.71. The van der Waals surface area contributed by atoms with E-state index in [2.05, 4.69) is 0 Å². The highest BCUT2D eigenvalue weighted by atomic mass is 16.6. The molecule has 1 heterocycles. The van der Waals surface area contributed by atoms with Gasteiger partial charge in [-0.3, -0.25) is 0 Å². The average Bonchev–Trinajstić information content (AvgIpc) is 2.56. The molecule has 2 radical (unpaired) electrons. The number of ether oxygens (including phenoxy) is 5. The summed E-state index contributed by atoms with van der Waals surface area (Å²) in [6, 6.07) is -0.501. The van der Waals surface area contributed by atoms with Gasteiger partial charge < -0.3 is 23.7 Å². The van der Waals surface area contributed by atoms with Crippen molar-refractivity contribution < 1.29 is 23.7 Å². The van der Waals surface area contributed by atoms with Gasteiger partial charge in [0, 0.05) is 27.3 Å². The highest BCUT2D eigenvalue weighted by Crippen LogP contribution is 2.25. The molecule has 1 aliphatic heterocycles. The Labute approximate surface area is 104 Å². The zero-order valence-corrected chi connectivity index (χ0v) is 10.9. The molecule has 0 N–H and O–H groups in total. The van der Waals surface area contributed by atoms with Crippen molar-refractivity contribution in [3.8, 4) is 0 Å². The summed E-state index contributed by atoms with van der Waals surface area (Å²) in [5.41, 5.74) is 0. The van der Waals surface area contributed by atoms with Crippen LogP contribution in [0.1, 0.15) is 6.92 Å². The monoisotopic (exact) mass is 244 g/mol. The van der Waals surface area contributed by atoms with Gasteiger partial charge in [0.1, 0.15) is 26.2 Å². The van der Waals surface area contributed by atoms with Crippen molar-refractivity contribution in [1.29, 1.82) is 0 Å². The van der Waals surface area contributed by atoms with E-state index in [0.717, 1.165) is 0 Å². The molecule has 0 aliphatic carbocycles. The lowest BCUT2D eigenvalue weighted by atomic mass is 9.92. The van der Waals surface area contributed by atoms with Gasteiger partial charge >= 0.3 is 0 Å². The molecular weight excluding hydrogens is 223 g/mol. The summed E-state index contributed by atoms with van der Waals surface area (Å²) in [5.74, 6) is 0. The Balaban J connectivity index is 2.56. The minimum atomic E-state index is -0.501. The van der Waals surface area contributed by atoms with Crippen LogP contribution in [0.5, 0.6) is 0 Å². The SMILES string of the molecule is [B][C@@H]1O[C@H](COC)C(OC)[C@@H]1O[C@H](C)COC. The quantitative estimate of drug-likeness (QED) is 0.588. The van der Waals surface area contributed by atoms with Crippen molar-refractivity contribution in [3.05, 3.63) is 0 Å². The van der Waals surface area contributed by atoms with Crippen LogP contribution in [0.4, 0.5) is 0 Å². The highest BCUT2D eigenvalue weighted by molar-refractivity contribution is 6.11. The molecule has 1 fully saturated rings. The Bertz CT molecular complexity index is 216. The molecule has 6 heteroatoms. The molecule has 0 saturated carbocycles. The first-order valence-electron chi connectivity index (χ1n) is 5.71. The molecule has 5 nitrogen and oxygen atoms in total. The molecule has 0 aromatic carbocycles. The summed E-state index contributed by atoms with van der Waals surface area (Å²) in [7, 11) is 10.7. The van der Waals surface area contributed by atoms with Gasteiger partial charge in [-0.1, -0.05) is 0 Å². The lowest BCUT2D eigenvalue weighted by Crippen LogP contribution is -2.41. The summed E-state index contributed by atoms with van der Waals surface area (Å²) < 4.78 is 26.8. The minimum Gasteiger partial charge on any atom is -0.382 e. The fraction of sp³-hybridized carbons (Fsp3) is 1.00. The van der Waals surface area contributed by atoms with Gasteiger partial charge in [0.15, 0.2) is 0 Å². The third kappa shape index (κ3) is 3.93. The molecule has 1 saturated heterocycles. The predicted molar refractivity (Wildman–Crippen MR) is 63.3 cm³/mol. The predicted octanol–water partition coefficient (Wildman–Crippen LogP) is -0.0387. The first kappa shape index (κ1) is 14.9. The number of hydrogen-bond acceptors (Lipinski definition) is 5. The number of hydrogen-bond donors (Lipinski definition) is 0. The van der Waals surface area contributed by atoms with Crippen molar-refractivity contribution in [2.45, 2.75) is 37.3 Å². The van der Waals surface area contributed by atoms with E-state index in [9.17, 15) is 0 Å². The third-order valence-corrected chi connectivity index (χ3v) is 2.74. The summed E-state index contributed by atoms with van der Waals surface area (Å²) >= 11 is 0. The summed E-state index contributed by atoms with van der Waals surface area (Å²) in [4.78, 5) is 0. The van der Waals surface area contributed by atoms with E-state index in [1.165, 1.54) is 0 Å². The van der Waals surface area contributed by atoms with Gasteiger partial charge in [-0.05, 0) is 6.92 Å². The summed E-state index contributed by atoms with van der Waals surface area (Å²) in [6.07, 6.45) is -0.770. The zero-order valence-electron chi connectivity index (χ0n) is 10.9. The maximum Gasteiger partial charge on any atom is 0.113 e. The lowest BCUT2D eigenvalue weighted by Gasteiger charge is -2.25. The van der Waals surface area contributed by atoms with Gasteiger partial charge in [-0.2, -0.15) is 0 Å². The van der Waals surface area contributed by atoms with Gasteiger partial charge in [0.25, 0.3) is 0 Å². The fourth-order valence-corrected chi connectivity index (χ4v) is 2.04. The van der Waals surface area contributed by atoms with Crippen LogP contribution in [-0.2, 0) is 23.7 Å². The first-order chi connectivity index (χ1) is 8.13. The summed E-state index contributed by atoms with van der Waals surface area (Å²) in [5, 5.41) is 0. The largest absolute Gasteiger partial charge is 0.382 e. The fourth-order valence-electron chi connectivity index (χ4n) is 2.04. The van der Waals surface area contributed by atoms with E-state index >= 15 is 0 Å². The smallest absolute Gasteiger partial charge is 0.113 e. The topological polar surface area (TPSA) is 46.2 Å². The Kier molecular flexibility index (Phi) is 6.44. The molecule has 17 heavy (non-hydrogen) atoms. The Morgan fingerprint density at radius 3 is 2.41 bits per heavy atom. The van der Waals surface area contributed by atoms with Crippen molar-refractivity contribution in [2.75, 3.05) is 34.5 Å². The van der Waals surface area contributed by atoms with E-state index in [4.69, 9.17) is 31.5 Å². The van der Waals surface area contributed by atoms with Crippen molar-refractivity contribution in [2.24, 2.45) is 0 Å². The second kappa shape index (κ2) is 7.33. The molecule has 0 spiro atoms. The molecule has 5 atom stereocenters. The van der Waals surface area contributed by atoms with Crippen molar-refractivity contribution in [3.63, 3.8) is 0 Å². The van der Waals surface area contributed by atoms with E-state index in [1.807, 2.05) is 6.92 Å². The Morgan fingerprint density at radius 2 is 1.88 bits per heavy atom. The molecule has 0 aromatic rings. The van der Waals surface area contributed by atoms with Crippen LogP contribution in [0, 0.1) is 0 Å². The van der Waals surface area contributed by atoms with Gasteiger partial charge in [0.2, 0.25) is 0 Å². The lowest BCUT2D eigenvalue weighted by molar-refractivity contribution is -0.0920. The molecular formula is C11H21BO5. The van der Waals surface area contributed by atoms with Crippen LogP contribution in [-0.4, -0.2) is 72.8 Å².